The van der Waals surface area contributed by atoms with Gasteiger partial charge in [0.15, 0.2) is 0 Å². The third-order valence-electron chi connectivity index (χ3n) is 3.02. The highest BCUT2D eigenvalue weighted by Gasteiger charge is 1.98. The van der Waals surface area contributed by atoms with E-state index in [2.05, 4.69) is 72.7 Å². The van der Waals surface area contributed by atoms with E-state index >= 15 is 0 Å². The van der Waals surface area contributed by atoms with Gasteiger partial charge in [0.2, 0.25) is 0 Å². The molecule has 2 heteroatoms. The summed E-state index contributed by atoms with van der Waals surface area (Å²) in [5.41, 5.74) is 3.73. The van der Waals surface area contributed by atoms with Gasteiger partial charge >= 0.3 is 0 Å². The zero-order valence-corrected chi connectivity index (χ0v) is 11.1. The fraction of sp³-hybridized carbons (Fsp3) is 0.250. The Kier molecular flexibility index (Phi) is 4.24. The van der Waals surface area contributed by atoms with E-state index in [9.17, 15) is 0 Å². The highest BCUT2D eigenvalue weighted by atomic mass is 15.1. The minimum atomic E-state index is 0.939. The molecule has 0 radical (unpaired) electrons. The normalized spacial score (nSPS) is 10.1. The number of hydrogen-bond acceptors (Lipinski definition) is 2. The van der Waals surface area contributed by atoms with Crippen LogP contribution in [0.5, 0.6) is 0 Å². The van der Waals surface area contributed by atoms with Crippen LogP contribution in [0.4, 0.5) is 11.4 Å². The summed E-state index contributed by atoms with van der Waals surface area (Å²) in [6.07, 6.45) is 0. The fourth-order valence-corrected chi connectivity index (χ4v) is 1.85. The average Bonchev–Trinajstić information content (AvgIpc) is 2.42. The number of aryl methyl sites for hydroxylation is 1. The number of nitrogens with one attached hydrogen (secondary N) is 1. The van der Waals surface area contributed by atoms with Crippen LogP contribution in [-0.4, -0.2) is 20.1 Å². The van der Waals surface area contributed by atoms with Crippen molar-refractivity contribution in [1.29, 1.82) is 0 Å². The molecule has 0 atom stereocenters. The summed E-state index contributed by atoms with van der Waals surface area (Å²) in [4.78, 5) is 2.25. The summed E-state index contributed by atoms with van der Waals surface area (Å²) in [5, 5.41) is 3.43. The molecule has 0 saturated heterocycles. The second-order valence-corrected chi connectivity index (χ2v) is 4.55. The van der Waals surface area contributed by atoms with Gasteiger partial charge in [0.25, 0.3) is 0 Å². The molecule has 0 aliphatic rings. The Morgan fingerprint density at radius 2 is 1.61 bits per heavy atom. The topological polar surface area (TPSA) is 15.3 Å². The highest BCUT2D eigenvalue weighted by molar-refractivity contribution is 5.47. The molecule has 0 heterocycles. The fourth-order valence-electron chi connectivity index (χ4n) is 1.85. The van der Waals surface area contributed by atoms with E-state index in [1.807, 2.05) is 6.07 Å². The van der Waals surface area contributed by atoms with Crippen molar-refractivity contribution in [2.45, 2.75) is 6.92 Å². The van der Waals surface area contributed by atoms with Gasteiger partial charge < -0.3 is 10.2 Å². The van der Waals surface area contributed by atoms with Gasteiger partial charge in [-0.25, -0.2) is 0 Å². The van der Waals surface area contributed by atoms with Gasteiger partial charge in [0.1, 0.15) is 0 Å². The molecule has 0 aliphatic heterocycles. The van der Waals surface area contributed by atoms with Crippen molar-refractivity contribution in [3.05, 3.63) is 60.2 Å². The molecule has 0 unspecified atom stereocenters. The Bertz CT molecular complexity index is 462. The molecule has 0 bridgehead atoms. The van der Waals surface area contributed by atoms with Crippen LogP contribution in [-0.2, 0) is 0 Å². The number of anilines is 2. The first-order chi connectivity index (χ1) is 8.75. The quantitative estimate of drug-likeness (QED) is 0.860. The zero-order chi connectivity index (χ0) is 12.8. The lowest BCUT2D eigenvalue weighted by molar-refractivity contribution is 0.915. The molecule has 0 aliphatic carbocycles. The van der Waals surface area contributed by atoms with Crippen molar-refractivity contribution in [1.82, 2.24) is 0 Å². The van der Waals surface area contributed by atoms with E-state index in [0.717, 1.165) is 13.1 Å². The lowest BCUT2D eigenvalue weighted by Gasteiger charge is -2.19. The van der Waals surface area contributed by atoms with E-state index in [0.29, 0.717) is 0 Å². The number of benzene rings is 2. The van der Waals surface area contributed by atoms with E-state index in [1.54, 1.807) is 0 Å². The molecule has 0 aromatic heterocycles. The number of nitrogens with zero attached hydrogens (tertiary/aromatic N) is 1. The van der Waals surface area contributed by atoms with E-state index in [-0.39, 0.29) is 0 Å². The van der Waals surface area contributed by atoms with Gasteiger partial charge in [0, 0.05) is 31.5 Å². The maximum absolute atomic E-state index is 3.43. The Morgan fingerprint density at radius 3 is 2.28 bits per heavy atom. The first kappa shape index (κ1) is 12.5. The summed E-state index contributed by atoms with van der Waals surface area (Å²) in [7, 11) is 2.12. The van der Waals surface area contributed by atoms with Gasteiger partial charge in [-0.3, -0.25) is 0 Å². The minimum Gasteiger partial charge on any atom is -0.383 e. The van der Waals surface area contributed by atoms with Crippen molar-refractivity contribution in [2.24, 2.45) is 0 Å². The lowest BCUT2D eigenvalue weighted by Crippen LogP contribution is -2.24. The molecule has 1 N–H and O–H groups in total. The summed E-state index contributed by atoms with van der Waals surface area (Å²) < 4.78 is 0. The monoisotopic (exact) mass is 240 g/mol. The van der Waals surface area contributed by atoms with Crippen molar-refractivity contribution < 1.29 is 0 Å². The standard InChI is InChI=1S/C16H20N2/c1-14-8-10-15(11-9-14)17-12-13-18(2)16-6-4-3-5-7-16/h3-11,17H,12-13H2,1-2H3. The van der Waals surface area contributed by atoms with Crippen molar-refractivity contribution in [3.8, 4) is 0 Å². The molecule has 0 spiro atoms. The van der Waals surface area contributed by atoms with Crippen LogP contribution in [0.3, 0.4) is 0 Å². The van der Waals surface area contributed by atoms with Gasteiger partial charge in [-0.05, 0) is 31.2 Å². The number of likely N-dealkylation sites (N-methyl/N-ethyl adjacent to an activating group) is 1. The number of rotatable bonds is 5. The Hall–Kier alpha value is -1.96. The largest absolute Gasteiger partial charge is 0.383 e. The van der Waals surface area contributed by atoms with Gasteiger partial charge in [-0.1, -0.05) is 35.9 Å². The van der Waals surface area contributed by atoms with Gasteiger partial charge in [-0.15, -0.1) is 0 Å². The van der Waals surface area contributed by atoms with Crippen molar-refractivity contribution in [2.75, 3.05) is 30.4 Å². The Balaban J connectivity index is 1.80. The van der Waals surface area contributed by atoms with Gasteiger partial charge in [0.05, 0.1) is 0 Å². The molecular formula is C16H20N2. The van der Waals surface area contributed by atoms with Crippen LogP contribution >= 0.6 is 0 Å². The van der Waals surface area contributed by atoms with Crippen LogP contribution in [0.15, 0.2) is 54.6 Å². The van der Waals surface area contributed by atoms with Crippen LogP contribution in [0.2, 0.25) is 0 Å². The Labute approximate surface area is 109 Å². The summed E-state index contributed by atoms with van der Waals surface area (Å²) in [6.45, 7) is 4.03. The van der Waals surface area contributed by atoms with E-state index in [1.165, 1.54) is 16.9 Å². The second kappa shape index (κ2) is 6.10. The Morgan fingerprint density at radius 1 is 0.944 bits per heavy atom. The van der Waals surface area contributed by atoms with Crippen LogP contribution in [0.25, 0.3) is 0 Å². The average molecular weight is 240 g/mol. The van der Waals surface area contributed by atoms with Crippen molar-refractivity contribution in [3.63, 3.8) is 0 Å². The molecule has 0 fully saturated rings. The van der Waals surface area contributed by atoms with E-state index in [4.69, 9.17) is 0 Å². The minimum absolute atomic E-state index is 0.939. The molecule has 18 heavy (non-hydrogen) atoms. The predicted molar refractivity (Wildman–Crippen MR) is 79.4 cm³/mol. The maximum Gasteiger partial charge on any atom is 0.0364 e. The molecule has 2 aromatic rings. The first-order valence-corrected chi connectivity index (χ1v) is 6.32. The molecule has 94 valence electrons. The molecule has 2 aromatic carbocycles. The molecule has 0 saturated carbocycles. The second-order valence-electron chi connectivity index (χ2n) is 4.55. The summed E-state index contributed by atoms with van der Waals surface area (Å²) in [6, 6.07) is 18.9. The lowest BCUT2D eigenvalue weighted by atomic mass is 10.2. The number of para-hydroxylation sites is 1. The predicted octanol–water partition coefficient (Wildman–Crippen LogP) is 3.54. The highest BCUT2D eigenvalue weighted by Crippen LogP contribution is 2.11. The van der Waals surface area contributed by atoms with Crippen LogP contribution < -0.4 is 10.2 Å². The maximum atomic E-state index is 3.43. The van der Waals surface area contributed by atoms with E-state index < -0.39 is 0 Å². The molecule has 2 rings (SSSR count). The molecular weight excluding hydrogens is 220 g/mol. The third kappa shape index (κ3) is 3.52. The smallest absolute Gasteiger partial charge is 0.0364 e. The number of hydrogen-bond donors (Lipinski definition) is 1. The zero-order valence-electron chi connectivity index (χ0n) is 11.1. The molecule has 0 amide bonds. The molecule has 2 nitrogen and oxygen atoms in total. The SMILES string of the molecule is Cc1ccc(NCCN(C)c2ccccc2)cc1. The summed E-state index contributed by atoms with van der Waals surface area (Å²) in [5.74, 6) is 0. The third-order valence-corrected chi connectivity index (χ3v) is 3.02. The van der Waals surface area contributed by atoms with Crippen molar-refractivity contribution >= 4 is 11.4 Å². The van der Waals surface area contributed by atoms with Gasteiger partial charge in [-0.2, -0.15) is 0 Å². The van der Waals surface area contributed by atoms with Crippen LogP contribution in [0, 0.1) is 6.92 Å². The first-order valence-electron chi connectivity index (χ1n) is 6.32. The summed E-state index contributed by atoms with van der Waals surface area (Å²) >= 11 is 0. The van der Waals surface area contributed by atoms with Crippen LogP contribution in [0.1, 0.15) is 5.56 Å².